The van der Waals surface area contributed by atoms with Crippen LogP contribution < -0.4 is 10.2 Å². The van der Waals surface area contributed by atoms with E-state index in [0.717, 1.165) is 55.3 Å². The third-order valence-electron chi connectivity index (χ3n) is 6.32. The summed E-state index contributed by atoms with van der Waals surface area (Å²) in [5, 5.41) is 2.56. The maximum Gasteiger partial charge on any atom is 0.413 e. The number of anilines is 2. The molecule has 174 valence electrons. The number of carbonyl (C=O) groups excluding carboxylic acids is 1. The number of amides is 1. The number of rotatable bonds is 5. The minimum Gasteiger partial charge on any atom is -0.453 e. The van der Waals surface area contributed by atoms with Crippen molar-refractivity contribution >= 4 is 40.5 Å². The number of aromatic nitrogens is 2. The third-order valence-corrected chi connectivity index (χ3v) is 7.32. The summed E-state index contributed by atoms with van der Waals surface area (Å²) in [4.78, 5) is 26.3. The van der Waals surface area contributed by atoms with Crippen molar-refractivity contribution in [1.82, 2.24) is 14.9 Å². The topological polar surface area (TPSA) is 82.7 Å². The van der Waals surface area contributed by atoms with Crippen LogP contribution in [0.25, 0.3) is 11.0 Å². The first-order valence-electron chi connectivity index (χ1n) is 11.4. The molecule has 0 spiro atoms. The lowest BCUT2D eigenvalue weighted by atomic mass is 10.0. The number of aromatic amines is 1. The van der Waals surface area contributed by atoms with Crippen molar-refractivity contribution in [3.63, 3.8) is 0 Å². The van der Waals surface area contributed by atoms with Gasteiger partial charge in [-0.2, -0.15) is 0 Å². The van der Waals surface area contributed by atoms with Gasteiger partial charge in [-0.1, -0.05) is 11.8 Å². The van der Waals surface area contributed by atoms with Gasteiger partial charge < -0.3 is 19.4 Å². The van der Waals surface area contributed by atoms with Crippen LogP contribution in [0, 0.1) is 0 Å². The zero-order valence-electron chi connectivity index (χ0n) is 18.8. The fraction of sp³-hybridized carbons (Fsp3) is 0.417. The Bertz CT molecular complexity index is 1090. The summed E-state index contributed by atoms with van der Waals surface area (Å²) in [6, 6.07) is 15.6. The second-order valence-corrected chi connectivity index (χ2v) is 9.49. The van der Waals surface area contributed by atoms with Gasteiger partial charge in [-0.25, -0.2) is 9.78 Å². The zero-order valence-corrected chi connectivity index (χ0v) is 19.6. The Morgan fingerprint density at radius 1 is 1.09 bits per heavy atom. The Balaban J connectivity index is 1.18. The average Bonchev–Trinajstić information content (AvgIpc) is 3.26. The summed E-state index contributed by atoms with van der Waals surface area (Å²) < 4.78 is 10.1. The molecule has 8 nitrogen and oxygen atoms in total. The monoisotopic (exact) mass is 467 g/mol. The van der Waals surface area contributed by atoms with Crippen molar-refractivity contribution in [1.29, 1.82) is 0 Å². The largest absolute Gasteiger partial charge is 0.453 e. The average molecular weight is 468 g/mol. The molecule has 2 aromatic carbocycles. The standard InChI is InChI=1S/C24H29N5O3S/c1-31-24(30)27-23-25-21-7-6-20(16-22(21)26-23)33-19-4-2-17(3-5-19)28-10-8-18(9-11-28)29-12-14-32-15-13-29/h2-7,16,18H,8-15H2,1H3,(H2,25,26,27,30). The second kappa shape index (κ2) is 10.0. The van der Waals surface area contributed by atoms with Crippen molar-refractivity contribution in [3.05, 3.63) is 42.5 Å². The van der Waals surface area contributed by atoms with Gasteiger partial charge in [-0.05, 0) is 55.3 Å². The van der Waals surface area contributed by atoms with Crippen LogP contribution in [0.1, 0.15) is 12.8 Å². The fourth-order valence-electron chi connectivity index (χ4n) is 4.55. The molecule has 1 amide bonds. The third kappa shape index (κ3) is 5.26. The summed E-state index contributed by atoms with van der Waals surface area (Å²) >= 11 is 1.70. The highest BCUT2D eigenvalue weighted by Gasteiger charge is 2.25. The molecular weight excluding hydrogens is 438 g/mol. The van der Waals surface area contributed by atoms with Crippen molar-refractivity contribution < 1.29 is 14.3 Å². The van der Waals surface area contributed by atoms with Crippen molar-refractivity contribution in [2.45, 2.75) is 28.7 Å². The van der Waals surface area contributed by atoms with Crippen LogP contribution in [0.2, 0.25) is 0 Å². The number of imidazole rings is 1. The van der Waals surface area contributed by atoms with Gasteiger partial charge in [0.2, 0.25) is 5.95 Å². The van der Waals surface area contributed by atoms with E-state index in [-0.39, 0.29) is 0 Å². The van der Waals surface area contributed by atoms with Crippen molar-refractivity contribution in [3.8, 4) is 0 Å². The number of ether oxygens (including phenoxy) is 2. The van der Waals surface area contributed by atoms with Gasteiger partial charge in [0.25, 0.3) is 0 Å². The molecule has 2 saturated heterocycles. The Morgan fingerprint density at radius 2 is 1.82 bits per heavy atom. The quantitative estimate of drug-likeness (QED) is 0.582. The molecule has 9 heteroatoms. The number of hydrogen-bond donors (Lipinski definition) is 2. The smallest absolute Gasteiger partial charge is 0.413 e. The van der Waals surface area contributed by atoms with Crippen LogP contribution in [0.5, 0.6) is 0 Å². The molecule has 2 fully saturated rings. The molecule has 2 aliphatic heterocycles. The lowest BCUT2D eigenvalue weighted by molar-refractivity contribution is 0.0115. The van der Waals surface area contributed by atoms with Crippen LogP contribution in [-0.2, 0) is 9.47 Å². The first-order chi connectivity index (χ1) is 16.2. The summed E-state index contributed by atoms with van der Waals surface area (Å²) in [7, 11) is 1.32. The molecule has 2 N–H and O–H groups in total. The second-order valence-electron chi connectivity index (χ2n) is 8.34. The van der Waals surface area contributed by atoms with E-state index in [0.29, 0.717) is 12.0 Å². The number of methoxy groups -OCH3 is 1. The summed E-state index contributed by atoms with van der Waals surface area (Å²) in [6.45, 7) is 6.10. The molecule has 1 aromatic heterocycles. The van der Waals surface area contributed by atoms with Crippen LogP contribution in [-0.4, -0.2) is 73.5 Å². The van der Waals surface area contributed by atoms with Crippen LogP contribution in [0.15, 0.2) is 52.3 Å². The molecule has 0 radical (unpaired) electrons. The fourth-order valence-corrected chi connectivity index (χ4v) is 5.40. The van der Waals surface area contributed by atoms with Gasteiger partial charge in [-0.3, -0.25) is 10.2 Å². The van der Waals surface area contributed by atoms with E-state index in [2.05, 4.69) is 60.2 Å². The number of piperidine rings is 1. The van der Waals surface area contributed by atoms with E-state index in [4.69, 9.17) is 4.74 Å². The number of morpholine rings is 1. The SMILES string of the molecule is COC(=O)Nc1nc2cc(Sc3ccc(N4CCC(N5CCOCC5)CC4)cc3)ccc2[nH]1. The van der Waals surface area contributed by atoms with Gasteiger partial charge >= 0.3 is 6.09 Å². The first-order valence-corrected chi connectivity index (χ1v) is 12.2. The highest BCUT2D eigenvalue weighted by molar-refractivity contribution is 7.99. The predicted octanol–water partition coefficient (Wildman–Crippen LogP) is 4.19. The number of hydrogen-bond acceptors (Lipinski definition) is 7. The van der Waals surface area contributed by atoms with E-state index >= 15 is 0 Å². The van der Waals surface area contributed by atoms with Gasteiger partial charge in [-0.15, -0.1) is 0 Å². The van der Waals surface area contributed by atoms with Crippen LogP contribution in [0.3, 0.4) is 0 Å². The maximum absolute atomic E-state index is 11.4. The number of fused-ring (bicyclic) bond motifs is 1. The lowest BCUT2D eigenvalue weighted by Crippen LogP contribution is -2.49. The minimum absolute atomic E-state index is 0.376. The molecule has 0 bridgehead atoms. The minimum atomic E-state index is -0.547. The molecule has 0 unspecified atom stereocenters. The van der Waals surface area contributed by atoms with Crippen LogP contribution >= 0.6 is 11.8 Å². The molecule has 3 heterocycles. The molecule has 5 rings (SSSR count). The molecule has 33 heavy (non-hydrogen) atoms. The van der Waals surface area contributed by atoms with Crippen LogP contribution in [0.4, 0.5) is 16.4 Å². The highest BCUT2D eigenvalue weighted by Crippen LogP contribution is 2.32. The Hall–Kier alpha value is -2.75. The number of H-pyrrole nitrogens is 1. The lowest BCUT2D eigenvalue weighted by Gasteiger charge is -2.40. The predicted molar refractivity (Wildman–Crippen MR) is 130 cm³/mol. The molecule has 0 atom stereocenters. The Morgan fingerprint density at radius 3 is 2.55 bits per heavy atom. The van der Waals surface area contributed by atoms with Gasteiger partial charge in [0.15, 0.2) is 0 Å². The summed E-state index contributed by atoms with van der Waals surface area (Å²) in [5.74, 6) is 0.376. The number of nitrogens with zero attached hydrogens (tertiary/aromatic N) is 3. The maximum atomic E-state index is 11.4. The van der Waals surface area contributed by atoms with Crippen molar-refractivity contribution in [2.24, 2.45) is 0 Å². The number of carbonyl (C=O) groups is 1. The highest BCUT2D eigenvalue weighted by atomic mass is 32.2. The van der Waals surface area contributed by atoms with Gasteiger partial charge in [0.05, 0.1) is 31.4 Å². The molecule has 2 aliphatic rings. The first kappa shape index (κ1) is 22.1. The Kier molecular flexibility index (Phi) is 6.70. The van der Waals surface area contributed by atoms with Crippen molar-refractivity contribution in [2.75, 3.05) is 56.7 Å². The van der Waals surface area contributed by atoms with E-state index in [1.54, 1.807) is 11.8 Å². The molecule has 3 aromatic rings. The molecule has 0 aliphatic carbocycles. The van der Waals surface area contributed by atoms with E-state index in [9.17, 15) is 4.79 Å². The normalized spacial score (nSPS) is 17.9. The van der Waals surface area contributed by atoms with Gasteiger partial charge in [0.1, 0.15) is 0 Å². The summed E-state index contributed by atoms with van der Waals surface area (Å²) in [6.07, 6.45) is 1.88. The summed E-state index contributed by atoms with van der Waals surface area (Å²) in [5.41, 5.74) is 2.95. The number of benzene rings is 2. The van der Waals surface area contributed by atoms with Gasteiger partial charge in [0, 0.05) is 47.7 Å². The van der Waals surface area contributed by atoms with E-state index < -0.39 is 6.09 Å². The zero-order chi connectivity index (χ0) is 22.6. The molecular formula is C24H29N5O3S. The molecule has 0 saturated carbocycles. The van der Waals surface area contributed by atoms with E-state index in [1.807, 2.05) is 12.1 Å². The Labute approximate surface area is 197 Å². The van der Waals surface area contributed by atoms with E-state index in [1.165, 1.54) is 30.5 Å². The number of nitrogens with one attached hydrogen (secondary N) is 2.